The van der Waals surface area contributed by atoms with E-state index in [1.807, 2.05) is 60.7 Å². The Bertz CT molecular complexity index is 1180. The Morgan fingerprint density at radius 3 is 1.89 bits per heavy atom. The van der Waals surface area contributed by atoms with Gasteiger partial charge < -0.3 is 9.64 Å². The number of hydrogen-bond donors (Lipinski definition) is 0. The molecule has 7 heteroatoms. The molecule has 0 saturated heterocycles. The molecule has 0 saturated carbocycles. The van der Waals surface area contributed by atoms with E-state index in [1.165, 1.54) is 0 Å². The SMILES string of the molecule is O=C(CCN1C(=O)c2ccccc2C1=O)OCC(=O)N(CCc1ccccc1)Cc1ccccc1. The number of imide groups is 1. The number of esters is 1. The number of hydrogen-bond acceptors (Lipinski definition) is 5. The molecule has 0 aromatic heterocycles. The van der Waals surface area contributed by atoms with Crippen LogP contribution in [0, 0.1) is 0 Å². The van der Waals surface area contributed by atoms with E-state index in [2.05, 4.69) is 0 Å². The fourth-order valence-corrected chi connectivity index (χ4v) is 3.96. The zero-order valence-electron chi connectivity index (χ0n) is 19.3. The van der Waals surface area contributed by atoms with Crippen LogP contribution in [0.2, 0.25) is 0 Å². The Morgan fingerprint density at radius 2 is 1.29 bits per heavy atom. The van der Waals surface area contributed by atoms with E-state index in [-0.39, 0.29) is 18.9 Å². The summed E-state index contributed by atoms with van der Waals surface area (Å²) < 4.78 is 5.20. The van der Waals surface area contributed by atoms with Gasteiger partial charge in [-0.1, -0.05) is 72.8 Å². The van der Waals surface area contributed by atoms with Crippen molar-refractivity contribution in [3.05, 3.63) is 107 Å². The number of rotatable bonds is 10. The van der Waals surface area contributed by atoms with Crippen LogP contribution in [-0.4, -0.2) is 53.2 Å². The smallest absolute Gasteiger partial charge is 0.308 e. The minimum atomic E-state index is -0.641. The van der Waals surface area contributed by atoms with Gasteiger partial charge in [0.1, 0.15) is 0 Å². The first-order valence-electron chi connectivity index (χ1n) is 11.5. The van der Waals surface area contributed by atoms with Crippen LogP contribution < -0.4 is 0 Å². The highest BCUT2D eigenvalue weighted by atomic mass is 16.5. The summed E-state index contributed by atoms with van der Waals surface area (Å²) in [5, 5.41) is 0. The zero-order valence-corrected chi connectivity index (χ0v) is 19.3. The van der Waals surface area contributed by atoms with E-state index in [1.54, 1.807) is 29.2 Å². The van der Waals surface area contributed by atoms with E-state index in [0.29, 0.717) is 30.6 Å². The van der Waals surface area contributed by atoms with E-state index >= 15 is 0 Å². The molecule has 0 fully saturated rings. The van der Waals surface area contributed by atoms with E-state index < -0.39 is 24.4 Å². The lowest BCUT2D eigenvalue weighted by atomic mass is 10.1. The van der Waals surface area contributed by atoms with Gasteiger partial charge >= 0.3 is 5.97 Å². The monoisotopic (exact) mass is 470 g/mol. The quantitative estimate of drug-likeness (QED) is 0.335. The van der Waals surface area contributed by atoms with Crippen LogP contribution in [0.5, 0.6) is 0 Å². The van der Waals surface area contributed by atoms with Crippen LogP contribution in [0.3, 0.4) is 0 Å². The lowest BCUT2D eigenvalue weighted by Crippen LogP contribution is -2.36. The van der Waals surface area contributed by atoms with Crippen molar-refractivity contribution in [3.63, 3.8) is 0 Å². The minimum Gasteiger partial charge on any atom is -0.456 e. The number of carbonyl (C=O) groups is 4. The van der Waals surface area contributed by atoms with Crippen LogP contribution in [0.1, 0.15) is 38.3 Å². The van der Waals surface area contributed by atoms with Crippen molar-refractivity contribution in [2.75, 3.05) is 19.7 Å². The van der Waals surface area contributed by atoms with E-state index in [9.17, 15) is 19.2 Å². The van der Waals surface area contributed by atoms with E-state index in [0.717, 1.165) is 16.0 Å². The zero-order chi connectivity index (χ0) is 24.6. The molecule has 0 spiro atoms. The molecule has 0 aliphatic carbocycles. The van der Waals surface area contributed by atoms with Gasteiger partial charge in [-0.3, -0.25) is 24.1 Å². The third-order valence-electron chi connectivity index (χ3n) is 5.86. The summed E-state index contributed by atoms with van der Waals surface area (Å²) in [6.07, 6.45) is 0.495. The third-order valence-corrected chi connectivity index (χ3v) is 5.86. The molecule has 3 aromatic rings. The molecule has 1 aliphatic rings. The highest BCUT2D eigenvalue weighted by Crippen LogP contribution is 2.22. The van der Waals surface area contributed by atoms with Gasteiger partial charge in [-0.2, -0.15) is 0 Å². The summed E-state index contributed by atoms with van der Waals surface area (Å²) >= 11 is 0. The van der Waals surface area contributed by atoms with Crippen LogP contribution in [0.4, 0.5) is 0 Å². The predicted octanol–water partition coefficient (Wildman–Crippen LogP) is 3.49. The molecule has 1 aliphatic heterocycles. The van der Waals surface area contributed by atoms with Crippen LogP contribution >= 0.6 is 0 Å². The molecule has 3 amide bonds. The van der Waals surface area contributed by atoms with Gasteiger partial charge in [0.2, 0.25) is 0 Å². The second-order valence-electron chi connectivity index (χ2n) is 8.25. The number of nitrogens with zero attached hydrogens (tertiary/aromatic N) is 2. The fourth-order valence-electron chi connectivity index (χ4n) is 3.96. The molecular formula is C28H26N2O5. The van der Waals surface area contributed by atoms with Gasteiger partial charge in [-0.25, -0.2) is 0 Å². The standard InChI is InChI=1S/C28H26N2O5/c31-25(29(19-22-11-5-2-6-12-22)17-15-21-9-3-1-4-10-21)20-35-26(32)16-18-30-27(33)23-13-7-8-14-24(23)28(30)34/h1-14H,15-20H2. The van der Waals surface area contributed by atoms with Gasteiger partial charge in [0.25, 0.3) is 17.7 Å². The van der Waals surface area contributed by atoms with Gasteiger partial charge in [-0.05, 0) is 29.7 Å². The maximum atomic E-state index is 12.9. The molecule has 35 heavy (non-hydrogen) atoms. The van der Waals surface area contributed by atoms with Crippen molar-refractivity contribution in [1.29, 1.82) is 0 Å². The number of fused-ring (bicyclic) bond motifs is 1. The van der Waals surface area contributed by atoms with Crippen molar-refractivity contribution >= 4 is 23.7 Å². The molecular weight excluding hydrogens is 444 g/mol. The molecule has 0 radical (unpaired) electrons. The molecule has 0 N–H and O–H groups in total. The van der Waals surface area contributed by atoms with Crippen LogP contribution in [-0.2, 0) is 27.3 Å². The summed E-state index contributed by atoms with van der Waals surface area (Å²) in [5.74, 6) is -1.80. The van der Waals surface area contributed by atoms with Crippen molar-refractivity contribution in [2.24, 2.45) is 0 Å². The maximum Gasteiger partial charge on any atom is 0.308 e. The van der Waals surface area contributed by atoms with Crippen molar-refractivity contribution in [1.82, 2.24) is 9.80 Å². The topological polar surface area (TPSA) is 84.0 Å². The molecule has 7 nitrogen and oxygen atoms in total. The highest BCUT2D eigenvalue weighted by Gasteiger charge is 2.35. The first-order chi connectivity index (χ1) is 17.0. The summed E-state index contributed by atoms with van der Waals surface area (Å²) in [5.41, 5.74) is 2.74. The Balaban J connectivity index is 1.30. The van der Waals surface area contributed by atoms with Crippen molar-refractivity contribution in [3.8, 4) is 0 Å². The van der Waals surface area contributed by atoms with Crippen molar-refractivity contribution < 1.29 is 23.9 Å². The molecule has 4 rings (SSSR count). The molecule has 0 bridgehead atoms. The maximum absolute atomic E-state index is 12.9. The molecule has 178 valence electrons. The molecule has 3 aromatic carbocycles. The Kier molecular flexibility index (Phi) is 7.67. The van der Waals surface area contributed by atoms with Crippen LogP contribution in [0.25, 0.3) is 0 Å². The van der Waals surface area contributed by atoms with E-state index in [4.69, 9.17) is 4.74 Å². The number of ether oxygens (including phenoxy) is 1. The third kappa shape index (κ3) is 6.00. The summed E-state index contributed by atoms with van der Waals surface area (Å²) in [7, 11) is 0. The largest absolute Gasteiger partial charge is 0.456 e. The molecule has 0 atom stereocenters. The normalized spacial score (nSPS) is 12.4. The number of carbonyl (C=O) groups excluding carboxylic acids is 4. The Hall–Kier alpha value is -4.26. The predicted molar refractivity (Wildman–Crippen MR) is 129 cm³/mol. The molecule has 0 unspecified atom stereocenters. The summed E-state index contributed by atoms with van der Waals surface area (Å²) in [6.45, 7) is 0.382. The fraction of sp³-hybridized carbons (Fsp3) is 0.214. The Morgan fingerprint density at radius 1 is 0.743 bits per heavy atom. The van der Waals surface area contributed by atoms with Gasteiger partial charge in [0.15, 0.2) is 6.61 Å². The second kappa shape index (κ2) is 11.2. The van der Waals surface area contributed by atoms with Crippen molar-refractivity contribution in [2.45, 2.75) is 19.4 Å². The van der Waals surface area contributed by atoms with Gasteiger partial charge in [0, 0.05) is 19.6 Å². The summed E-state index contributed by atoms with van der Waals surface area (Å²) in [6, 6.07) is 26.0. The highest BCUT2D eigenvalue weighted by molar-refractivity contribution is 6.21. The minimum absolute atomic E-state index is 0.0961. The lowest BCUT2D eigenvalue weighted by molar-refractivity contribution is -0.152. The number of benzene rings is 3. The Labute approximate surface area is 203 Å². The average molecular weight is 471 g/mol. The first-order valence-corrected chi connectivity index (χ1v) is 11.5. The van der Waals surface area contributed by atoms with Crippen LogP contribution in [0.15, 0.2) is 84.9 Å². The van der Waals surface area contributed by atoms with Gasteiger partial charge in [-0.15, -0.1) is 0 Å². The molecule has 1 heterocycles. The van der Waals surface area contributed by atoms with Gasteiger partial charge in [0.05, 0.1) is 17.5 Å². The average Bonchev–Trinajstić information content (AvgIpc) is 3.14. The lowest BCUT2D eigenvalue weighted by Gasteiger charge is -2.23. The summed E-state index contributed by atoms with van der Waals surface area (Å²) in [4.78, 5) is 52.8. The second-order valence-corrected chi connectivity index (χ2v) is 8.25. The first kappa shape index (κ1) is 23.9. The number of amides is 3.